The Balaban J connectivity index is 1.32. The molecule has 2 fully saturated rings. The third kappa shape index (κ3) is 2.74. The molecule has 0 aromatic carbocycles. The highest BCUT2D eigenvalue weighted by Gasteiger charge is 2.27. The SMILES string of the molecule is c1coc(-c2cc(CN3CCN(C4CNC4)CC3)no2)c1. The Kier molecular flexibility index (Phi) is 3.50. The second-order valence-electron chi connectivity index (χ2n) is 5.78. The van der Waals surface area contributed by atoms with Crippen molar-refractivity contribution in [2.75, 3.05) is 39.3 Å². The quantitative estimate of drug-likeness (QED) is 0.906. The molecule has 0 atom stereocenters. The third-order valence-corrected chi connectivity index (χ3v) is 4.39. The van der Waals surface area contributed by atoms with Gasteiger partial charge in [0.25, 0.3) is 0 Å². The van der Waals surface area contributed by atoms with Crippen molar-refractivity contribution >= 4 is 0 Å². The molecule has 1 N–H and O–H groups in total. The lowest BCUT2D eigenvalue weighted by molar-refractivity contribution is 0.0686. The average Bonchev–Trinajstić information content (AvgIpc) is 3.09. The van der Waals surface area contributed by atoms with Crippen molar-refractivity contribution in [3.8, 4) is 11.5 Å². The van der Waals surface area contributed by atoms with Gasteiger partial charge in [-0.05, 0) is 12.1 Å². The van der Waals surface area contributed by atoms with Crippen molar-refractivity contribution in [1.82, 2.24) is 20.3 Å². The van der Waals surface area contributed by atoms with Crippen LogP contribution in [0.3, 0.4) is 0 Å². The van der Waals surface area contributed by atoms with Crippen molar-refractivity contribution < 1.29 is 8.94 Å². The van der Waals surface area contributed by atoms with Crippen molar-refractivity contribution in [2.24, 2.45) is 0 Å². The number of furan rings is 1. The van der Waals surface area contributed by atoms with Crippen LogP contribution in [-0.4, -0.2) is 60.3 Å². The van der Waals surface area contributed by atoms with E-state index in [1.54, 1.807) is 6.26 Å². The predicted octanol–water partition coefficient (Wildman–Crippen LogP) is 1.02. The van der Waals surface area contributed by atoms with E-state index < -0.39 is 0 Å². The summed E-state index contributed by atoms with van der Waals surface area (Å²) < 4.78 is 10.7. The van der Waals surface area contributed by atoms with Crippen LogP contribution in [0, 0.1) is 0 Å². The van der Waals surface area contributed by atoms with Gasteiger partial charge < -0.3 is 14.3 Å². The lowest BCUT2D eigenvalue weighted by Crippen LogP contribution is -2.61. The van der Waals surface area contributed by atoms with Crippen molar-refractivity contribution in [3.63, 3.8) is 0 Å². The zero-order chi connectivity index (χ0) is 14.1. The molecule has 4 rings (SSSR count). The van der Waals surface area contributed by atoms with Gasteiger partial charge in [-0.1, -0.05) is 5.16 Å². The van der Waals surface area contributed by atoms with Gasteiger partial charge in [0.15, 0.2) is 5.76 Å². The smallest absolute Gasteiger partial charge is 0.202 e. The topological polar surface area (TPSA) is 57.7 Å². The maximum atomic E-state index is 5.35. The monoisotopic (exact) mass is 288 g/mol. The fourth-order valence-electron chi connectivity index (χ4n) is 2.97. The van der Waals surface area contributed by atoms with Gasteiger partial charge >= 0.3 is 0 Å². The molecule has 112 valence electrons. The average molecular weight is 288 g/mol. The number of piperazine rings is 1. The molecule has 4 heterocycles. The van der Waals surface area contributed by atoms with Gasteiger partial charge in [0.05, 0.1) is 12.0 Å². The fraction of sp³-hybridized carbons (Fsp3) is 0.533. The highest BCUT2D eigenvalue weighted by atomic mass is 16.5. The summed E-state index contributed by atoms with van der Waals surface area (Å²) in [5.74, 6) is 1.44. The third-order valence-electron chi connectivity index (χ3n) is 4.39. The standard InChI is InChI=1S/C15H20N4O2/c1-2-14(20-7-1)15-8-12(17-21-15)11-18-3-5-19(6-4-18)13-9-16-10-13/h1-2,7-8,13,16H,3-6,9-11H2. The van der Waals surface area contributed by atoms with Crippen LogP contribution in [0.4, 0.5) is 0 Å². The summed E-state index contributed by atoms with van der Waals surface area (Å²) in [4.78, 5) is 5.02. The first-order valence-electron chi connectivity index (χ1n) is 7.55. The van der Waals surface area contributed by atoms with Gasteiger partial charge in [-0.15, -0.1) is 0 Å². The van der Waals surface area contributed by atoms with E-state index in [4.69, 9.17) is 8.94 Å². The van der Waals surface area contributed by atoms with E-state index in [1.165, 1.54) is 0 Å². The molecule has 0 aliphatic carbocycles. The minimum absolute atomic E-state index is 0.703. The Labute approximate surface area is 123 Å². The number of aromatic nitrogens is 1. The highest BCUT2D eigenvalue weighted by molar-refractivity contribution is 5.49. The number of nitrogens with zero attached hydrogens (tertiary/aromatic N) is 3. The molecule has 6 nitrogen and oxygen atoms in total. The summed E-state index contributed by atoms with van der Waals surface area (Å²) in [6.07, 6.45) is 1.64. The Hall–Kier alpha value is -1.63. The van der Waals surface area contributed by atoms with Gasteiger partial charge in [-0.25, -0.2) is 0 Å². The molecule has 2 aliphatic rings. The number of hydrogen-bond acceptors (Lipinski definition) is 6. The van der Waals surface area contributed by atoms with Crippen molar-refractivity contribution in [2.45, 2.75) is 12.6 Å². The van der Waals surface area contributed by atoms with Crippen LogP contribution in [0.1, 0.15) is 5.69 Å². The van der Waals surface area contributed by atoms with Crippen molar-refractivity contribution in [3.05, 3.63) is 30.2 Å². The number of hydrogen-bond donors (Lipinski definition) is 1. The molecule has 6 heteroatoms. The second-order valence-corrected chi connectivity index (χ2v) is 5.78. The molecule has 0 bridgehead atoms. The normalized spacial score (nSPS) is 21.5. The first-order chi connectivity index (χ1) is 10.4. The van der Waals surface area contributed by atoms with E-state index in [0.717, 1.165) is 63.3 Å². The summed E-state index contributed by atoms with van der Waals surface area (Å²) in [6, 6.07) is 6.47. The molecule has 0 spiro atoms. The Morgan fingerprint density at radius 1 is 1.19 bits per heavy atom. The molecule has 2 aromatic heterocycles. The van der Waals surface area contributed by atoms with Gasteiger partial charge in [0.1, 0.15) is 0 Å². The molecule has 2 aromatic rings. The molecule has 0 unspecified atom stereocenters. The van der Waals surface area contributed by atoms with E-state index in [2.05, 4.69) is 20.3 Å². The lowest BCUT2D eigenvalue weighted by atomic mass is 10.1. The van der Waals surface area contributed by atoms with E-state index in [9.17, 15) is 0 Å². The summed E-state index contributed by atoms with van der Waals surface area (Å²) in [6.45, 7) is 7.63. The zero-order valence-electron chi connectivity index (χ0n) is 12.0. The minimum Gasteiger partial charge on any atom is -0.461 e. The van der Waals surface area contributed by atoms with E-state index in [-0.39, 0.29) is 0 Å². The maximum absolute atomic E-state index is 5.35. The van der Waals surface area contributed by atoms with Gasteiger partial charge in [0.2, 0.25) is 5.76 Å². The molecule has 0 radical (unpaired) electrons. The van der Waals surface area contributed by atoms with Crippen LogP contribution >= 0.6 is 0 Å². The Bertz CT molecular complexity index is 568. The van der Waals surface area contributed by atoms with Crippen LogP contribution in [-0.2, 0) is 6.54 Å². The molecule has 2 saturated heterocycles. The maximum Gasteiger partial charge on any atom is 0.202 e. The van der Waals surface area contributed by atoms with Gasteiger partial charge in [0, 0.05) is 57.9 Å². The van der Waals surface area contributed by atoms with E-state index in [0.29, 0.717) is 5.76 Å². The summed E-state index contributed by atoms with van der Waals surface area (Å²) in [5.41, 5.74) is 0.972. The summed E-state index contributed by atoms with van der Waals surface area (Å²) in [7, 11) is 0. The highest BCUT2D eigenvalue weighted by Crippen LogP contribution is 2.21. The van der Waals surface area contributed by atoms with E-state index in [1.807, 2.05) is 18.2 Å². The predicted molar refractivity (Wildman–Crippen MR) is 77.7 cm³/mol. The molecular formula is C15H20N4O2. The number of rotatable bonds is 4. The Morgan fingerprint density at radius 2 is 2.05 bits per heavy atom. The molecular weight excluding hydrogens is 268 g/mol. The summed E-state index contributed by atoms with van der Waals surface area (Å²) >= 11 is 0. The molecule has 2 aliphatic heterocycles. The second kappa shape index (κ2) is 5.63. The van der Waals surface area contributed by atoms with Gasteiger partial charge in [-0.3, -0.25) is 9.80 Å². The molecule has 21 heavy (non-hydrogen) atoms. The minimum atomic E-state index is 0.703. The Morgan fingerprint density at radius 3 is 2.71 bits per heavy atom. The number of nitrogens with one attached hydrogen (secondary N) is 1. The van der Waals surface area contributed by atoms with Crippen LogP contribution < -0.4 is 5.32 Å². The van der Waals surface area contributed by atoms with Gasteiger partial charge in [-0.2, -0.15) is 0 Å². The van der Waals surface area contributed by atoms with Crippen molar-refractivity contribution in [1.29, 1.82) is 0 Å². The molecule has 0 saturated carbocycles. The fourth-order valence-corrected chi connectivity index (χ4v) is 2.97. The molecule has 0 amide bonds. The van der Waals surface area contributed by atoms with E-state index >= 15 is 0 Å². The first-order valence-corrected chi connectivity index (χ1v) is 7.55. The van der Waals surface area contributed by atoms with Crippen LogP contribution in [0.25, 0.3) is 11.5 Å². The van der Waals surface area contributed by atoms with Crippen LogP contribution in [0.2, 0.25) is 0 Å². The first kappa shape index (κ1) is 13.1. The zero-order valence-corrected chi connectivity index (χ0v) is 12.0. The van der Waals surface area contributed by atoms with Crippen LogP contribution in [0.5, 0.6) is 0 Å². The largest absolute Gasteiger partial charge is 0.461 e. The lowest BCUT2D eigenvalue weighted by Gasteiger charge is -2.43. The van der Waals surface area contributed by atoms with Crippen LogP contribution in [0.15, 0.2) is 33.4 Å². The summed E-state index contributed by atoms with van der Waals surface area (Å²) in [5, 5.41) is 7.49.